The zero-order valence-corrected chi connectivity index (χ0v) is 12.4. The summed E-state index contributed by atoms with van der Waals surface area (Å²) < 4.78 is 25.9. The number of rotatable bonds is 4. The molecule has 0 fully saturated rings. The molecule has 2 aromatic carbocycles. The minimum Gasteiger partial charge on any atom is -0.207 e. The second-order valence-corrected chi connectivity index (χ2v) is 5.40. The Morgan fingerprint density at radius 2 is 1.63 bits per heavy atom. The van der Waals surface area contributed by atoms with Crippen molar-refractivity contribution in [2.45, 2.75) is 12.3 Å². The molecular weight excluding hydrogens is 334 g/mol. The second-order valence-electron chi connectivity index (χ2n) is 4.34. The number of halogens is 4. The minimum atomic E-state index is -0.342. The molecule has 0 radical (unpaired) electrons. The highest BCUT2D eigenvalue weighted by atomic mass is 79.9. The van der Waals surface area contributed by atoms with Crippen molar-refractivity contribution in [2.75, 3.05) is 5.33 Å². The molecule has 1 unspecified atom stereocenters. The fourth-order valence-electron chi connectivity index (χ4n) is 1.95. The zero-order valence-electron chi connectivity index (χ0n) is 10.0. The Kier molecular flexibility index (Phi) is 4.94. The smallest absolute Gasteiger partial charge is 0.124 e. The number of hydrogen-bond acceptors (Lipinski definition) is 0. The van der Waals surface area contributed by atoms with E-state index in [0.717, 1.165) is 16.5 Å². The zero-order chi connectivity index (χ0) is 13.8. The minimum absolute atomic E-state index is 0.170. The van der Waals surface area contributed by atoms with Crippen molar-refractivity contribution >= 4 is 27.5 Å². The largest absolute Gasteiger partial charge is 0.207 e. The highest BCUT2D eigenvalue weighted by Crippen LogP contribution is 2.27. The van der Waals surface area contributed by atoms with Gasteiger partial charge in [-0.1, -0.05) is 45.7 Å². The van der Waals surface area contributed by atoms with Crippen molar-refractivity contribution in [3.63, 3.8) is 0 Å². The van der Waals surface area contributed by atoms with Crippen LogP contribution >= 0.6 is 27.5 Å². The average molecular weight is 346 g/mol. The highest BCUT2D eigenvalue weighted by Gasteiger charge is 2.13. The highest BCUT2D eigenvalue weighted by molar-refractivity contribution is 9.09. The molecule has 0 amide bonds. The van der Waals surface area contributed by atoms with Crippen LogP contribution in [0.15, 0.2) is 42.5 Å². The first-order chi connectivity index (χ1) is 9.10. The van der Waals surface area contributed by atoms with Crippen LogP contribution in [0.1, 0.15) is 17.0 Å². The van der Waals surface area contributed by atoms with Gasteiger partial charge in [0.1, 0.15) is 11.6 Å². The first-order valence-corrected chi connectivity index (χ1v) is 7.35. The molecule has 0 spiro atoms. The van der Waals surface area contributed by atoms with E-state index in [-0.39, 0.29) is 17.6 Å². The predicted octanol–water partition coefficient (Wildman–Crippen LogP) is 5.34. The lowest BCUT2D eigenvalue weighted by molar-refractivity contribution is 0.624. The third kappa shape index (κ3) is 3.77. The normalized spacial score (nSPS) is 12.4. The summed E-state index contributed by atoms with van der Waals surface area (Å²) in [7, 11) is 0. The van der Waals surface area contributed by atoms with Crippen LogP contribution in [-0.4, -0.2) is 5.33 Å². The van der Waals surface area contributed by atoms with E-state index < -0.39 is 0 Å². The number of alkyl halides is 1. The van der Waals surface area contributed by atoms with Gasteiger partial charge in [0.2, 0.25) is 0 Å². The molecular formula is C15H12BrClF2. The third-order valence-electron chi connectivity index (χ3n) is 3.01. The van der Waals surface area contributed by atoms with E-state index in [1.54, 1.807) is 18.2 Å². The quantitative estimate of drug-likeness (QED) is 0.656. The van der Waals surface area contributed by atoms with Gasteiger partial charge in [0.15, 0.2) is 0 Å². The van der Waals surface area contributed by atoms with Gasteiger partial charge in [-0.05, 0) is 47.7 Å². The van der Waals surface area contributed by atoms with Gasteiger partial charge in [-0.2, -0.15) is 0 Å². The molecule has 2 rings (SSSR count). The fourth-order valence-corrected chi connectivity index (χ4v) is 2.80. The summed E-state index contributed by atoms with van der Waals surface area (Å²) in [4.78, 5) is 0. The summed E-state index contributed by atoms with van der Waals surface area (Å²) in [6.07, 6.45) is 0.677. The summed E-state index contributed by atoms with van der Waals surface area (Å²) in [5, 5.41) is 1.15. The van der Waals surface area contributed by atoms with Gasteiger partial charge in [-0.3, -0.25) is 0 Å². The van der Waals surface area contributed by atoms with Gasteiger partial charge in [-0.15, -0.1) is 0 Å². The molecule has 0 saturated heterocycles. The molecule has 0 nitrogen and oxygen atoms in total. The van der Waals surface area contributed by atoms with E-state index in [2.05, 4.69) is 15.9 Å². The topological polar surface area (TPSA) is 0 Å². The van der Waals surface area contributed by atoms with E-state index in [9.17, 15) is 8.78 Å². The maximum Gasteiger partial charge on any atom is 0.124 e. The maximum atomic E-state index is 13.0. The van der Waals surface area contributed by atoms with Crippen LogP contribution in [0.2, 0.25) is 5.02 Å². The van der Waals surface area contributed by atoms with Gasteiger partial charge in [0.25, 0.3) is 0 Å². The van der Waals surface area contributed by atoms with Gasteiger partial charge in [-0.25, -0.2) is 8.78 Å². The molecule has 0 aliphatic rings. The number of hydrogen-bond donors (Lipinski definition) is 0. The van der Waals surface area contributed by atoms with Crippen molar-refractivity contribution in [1.29, 1.82) is 0 Å². The SMILES string of the molecule is Fc1ccc(C(CBr)Cc2ccc(F)cc2Cl)cc1. The van der Waals surface area contributed by atoms with Crippen LogP contribution in [0.5, 0.6) is 0 Å². The van der Waals surface area contributed by atoms with Gasteiger partial charge in [0.05, 0.1) is 0 Å². The van der Waals surface area contributed by atoms with Crippen LogP contribution in [0.4, 0.5) is 8.78 Å². The van der Waals surface area contributed by atoms with Crippen LogP contribution < -0.4 is 0 Å². The predicted molar refractivity (Wildman–Crippen MR) is 78.0 cm³/mol. The van der Waals surface area contributed by atoms with E-state index in [4.69, 9.17) is 11.6 Å². The summed E-state index contributed by atoms with van der Waals surface area (Å²) in [5.74, 6) is -0.425. The molecule has 0 heterocycles. The lowest BCUT2D eigenvalue weighted by atomic mass is 9.93. The van der Waals surface area contributed by atoms with Gasteiger partial charge >= 0.3 is 0 Å². The Bertz CT molecular complexity index is 555. The van der Waals surface area contributed by atoms with Gasteiger partial charge in [0, 0.05) is 10.4 Å². The Morgan fingerprint density at radius 1 is 1.00 bits per heavy atom. The molecule has 0 aliphatic heterocycles. The van der Waals surface area contributed by atoms with E-state index in [1.165, 1.54) is 24.3 Å². The molecule has 0 aromatic heterocycles. The molecule has 2 aromatic rings. The van der Waals surface area contributed by atoms with Crippen LogP contribution in [-0.2, 0) is 6.42 Å². The molecule has 0 N–H and O–H groups in total. The monoisotopic (exact) mass is 344 g/mol. The van der Waals surface area contributed by atoms with Crippen molar-refractivity contribution in [3.8, 4) is 0 Å². The van der Waals surface area contributed by atoms with Crippen molar-refractivity contribution in [1.82, 2.24) is 0 Å². The average Bonchev–Trinajstić information content (AvgIpc) is 2.39. The molecule has 0 bridgehead atoms. The van der Waals surface area contributed by atoms with Crippen LogP contribution in [0, 0.1) is 11.6 Å². The first-order valence-electron chi connectivity index (χ1n) is 5.85. The standard InChI is InChI=1S/C15H12BrClF2/c16-9-12(10-1-4-13(18)5-2-10)7-11-3-6-14(19)8-15(11)17/h1-6,8,12H,7,9H2. The van der Waals surface area contributed by atoms with E-state index >= 15 is 0 Å². The Hall–Kier alpha value is -0.930. The lowest BCUT2D eigenvalue weighted by Crippen LogP contribution is -2.05. The van der Waals surface area contributed by atoms with E-state index in [0.29, 0.717) is 11.4 Å². The summed E-state index contributed by atoms with van der Waals surface area (Å²) in [6, 6.07) is 10.8. The number of benzene rings is 2. The Morgan fingerprint density at radius 3 is 2.21 bits per heavy atom. The fraction of sp³-hybridized carbons (Fsp3) is 0.200. The van der Waals surface area contributed by atoms with Gasteiger partial charge < -0.3 is 0 Å². The van der Waals surface area contributed by atoms with E-state index in [1.807, 2.05) is 0 Å². The summed E-state index contributed by atoms with van der Waals surface area (Å²) >= 11 is 9.48. The van der Waals surface area contributed by atoms with Crippen molar-refractivity contribution in [3.05, 3.63) is 70.2 Å². The lowest BCUT2D eigenvalue weighted by Gasteiger charge is -2.15. The Labute approximate surface area is 124 Å². The Balaban J connectivity index is 2.21. The molecule has 100 valence electrons. The summed E-state index contributed by atoms with van der Waals surface area (Å²) in [5.41, 5.74) is 1.91. The third-order valence-corrected chi connectivity index (χ3v) is 4.14. The second kappa shape index (κ2) is 6.49. The van der Waals surface area contributed by atoms with Crippen LogP contribution in [0.25, 0.3) is 0 Å². The molecule has 1 atom stereocenters. The summed E-state index contributed by atoms with van der Waals surface area (Å²) in [6.45, 7) is 0. The molecule has 4 heteroatoms. The van der Waals surface area contributed by atoms with Crippen molar-refractivity contribution < 1.29 is 8.78 Å². The van der Waals surface area contributed by atoms with Crippen LogP contribution in [0.3, 0.4) is 0 Å². The molecule has 0 aliphatic carbocycles. The maximum absolute atomic E-state index is 13.0. The first kappa shape index (κ1) is 14.5. The molecule has 0 saturated carbocycles. The molecule has 19 heavy (non-hydrogen) atoms. The van der Waals surface area contributed by atoms with Crippen molar-refractivity contribution in [2.24, 2.45) is 0 Å².